The summed E-state index contributed by atoms with van der Waals surface area (Å²) in [5.74, 6) is 1.99. The zero-order chi connectivity index (χ0) is 19.4. The molecule has 0 spiro atoms. The van der Waals surface area contributed by atoms with Crippen molar-refractivity contribution in [1.29, 1.82) is 0 Å². The monoisotopic (exact) mass is 436 g/mol. The van der Waals surface area contributed by atoms with Crippen molar-refractivity contribution in [2.45, 2.75) is 32.4 Å². The van der Waals surface area contributed by atoms with E-state index >= 15 is 0 Å². The molecule has 0 bridgehead atoms. The Morgan fingerprint density at radius 1 is 1.19 bits per heavy atom. The van der Waals surface area contributed by atoms with Crippen LogP contribution in [-0.4, -0.2) is 48.8 Å². The molecule has 1 saturated heterocycles. The first kappa shape index (κ1) is 19.6. The molecule has 0 saturated carbocycles. The maximum Gasteiger partial charge on any atom is 0.270 e. The average molecular weight is 437 g/mol. The molecule has 0 N–H and O–H groups in total. The molecule has 1 aliphatic rings. The molecule has 0 radical (unpaired) electrons. The van der Waals surface area contributed by atoms with Gasteiger partial charge in [-0.05, 0) is 41.1 Å². The summed E-state index contributed by atoms with van der Waals surface area (Å²) in [6, 6.07) is 7.46. The van der Waals surface area contributed by atoms with E-state index < -0.39 is 0 Å². The van der Waals surface area contributed by atoms with Crippen LogP contribution in [0.15, 0.2) is 34.9 Å². The van der Waals surface area contributed by atoms with Crippen LogP contribution in [0.1, 0.15) is 30.3 Å². The highest BCUT2D eigenvalue weighted by Crippen LogP contribution is 2.38. The normalized spacial score (nSPS) is 14.9. The molecular weight excluding hydrogens is 412 g/mol. The van der Waals surface area contributed by atoms with Gasteiger partial charge in [0.05, 0.1) is 14.2 Å². The Bertz CT molecular complexity index is 775. The summed E-state index contributed by atoms with van der Waals surface area (Å²) < 4.78 is 19.9. The van der Waals surface area contributed by atoms with Crippen LogP contribution < -0.4 is 14.2 Å². The standard InChI is InChI=1S/C20H25BrN2O4/c1-4-22-13-14(21)12-16(22)20(24)23-10-8-15(9-11-23)27-19-17(25-2)6-5-7-18(19)26-3/h5-7,12-13,15H,4,8-11H2,1-3H3. The quantitative estimate of drug-likeness (QED) is 0.687. The molecule has 7 heteroatoms. The lowest BCUT2D eigenvalue weighted by atomic mass is 10.1. The Morgan fingerprint density at radius 2 is 1.81 bits per heavy atom. The Balaban J connectivity index is 1.65. The maximum absolute atomic E-state index is 12.9. The fourth-order valence-corrected chi connectivity index (χ4v) is 3.82. The summed E-state index contributed by atoms with van der Waals surface area (Å²) in [7, 11) is 3.23. The van der Waals surface area contributed by atoms with Crippen LogP contribution in [0.3, 0.4) is 0 Å². The van der Waals surface area contributed by atoms with Gasteiger partial charge in [0, 0.05) is 43.1 Å². The number of para-hydroxylation sites is 1. The zero-order valence-corrected chi connectivity index (χ0v) is 17.5. The molecule has 6 nitrogen and oxygen atoms in total. The van der Waals surface area contributed by atoms with Gasteiger partial charge in [-0.3, -0.25) is 4.79 Å². The summed E-state index contributed by atoms with van der Waals surface area (Å²) in [5, 5.41) is 0. The minimum atomic E-state index is 0.0175. The second-order valence-electron chi connectivity index (χ2n) is 6.43. The number of aryl methyl sites for hydroxylation is 1. The number of hydrogen-bond acceptors (Lipinski definition) is 4. The van der Waals surface area contributed by atoms with Gasteiger partial charge < -0.3 is 23.7 Å². The van der Waals surface area contributed by atoms with Crippen molar-refractivity contribution in [1.82, 2.24) is 9.47 Å². The van der Waals surface area contributed by atoms with Crippen molar-refractivity contribution in [3.05, 3.63) is 40.6 Å². The number of carbonyl (C=O) groups is 1. The summed E-state index contributed by atoms with van der Waals surface area (Å²) >= 11 is 3.45. The second-order valence-corrected chi connectivity index (χ2v) is 7.35. The molecule has 1 amide bonds. The van der Waals surface area contributed by atoms with E-state index in [0.717, 1.165) is 29.6 Å². The first-order valence-electron chi connectivity index (χ1n) is 9.10. The summed E-state index contributed by atoms with van der Waals surface area (Å²) in [6.07, 6.45) is 3.49. The zero-order valence-electron chi connectivity index (χ0n) is 15.9. The highest BCUT2D eigenvalue weighted by molar-refractivity contribution is 9.10. The Labute approximate surface area is 168 Å². The smallest absolute Gasteiger partial charge is 0.270 e. The van der Waals surface area contributed by atoms with Crippen LogP contribution >= 0.6 is 15.9 Å². The van der Waals surface area contributed by atoms with Crippen LogP contribution in [0.5, 0.6) is 17.2 Å². The molecule has 3 rings (SSSR count). The lowest BCUT2D eigenvalue weighted by Gasteiger charge is -2.32. The molecule has 2 heterocycles. The molecule has 1 aromatic heterocycles. The van der Waals surface area contributed by atoms with Gasteiger partial charge in [0.15, 0.2) is 11.5 Å². The number of amides is 1. The third kappa shape index (κ3) is 4.24. The van der Waals surface area contributed by atoms with E-state index in [1.54, 1.807) is 14.2 Å². The highest BCUT2D eigenvalue weighted by Gasteiger charge is 2.27. The molecule has 146 valence electrons. The van der Waals surface area contributed by atoms with Gasteiger partial charge >= 0.3 is 0 Å². The number of ether oxygens (including phenoxy) is 3. The lowest BCUT2D eigenvalue weighted by molar-refractivity contribution is 0.0575. The second kappa shape index (κ2) is 8.69. The highest BCUT2D eigenvalue weighted by atomic mass is 79.9. The summed E-state index contributed by atoms with van der Waals surface area (Å²) in [6.45, 7) is 4.12. The molecule has 0 unspecified atom stereocenters. The predicted octanol–water partition coefficient (Wildman–Crippen LogP) is 3.97. The van der Waals surface area contributed by atoms with Crippen LogP contribution in [0.2, 0.25) is 0 Å². The number of benzene rings is 1. The van der Waals surface area contributed by atoms with Gasteiger partial charge in [-0.1, -0.05) is 6.07 Å². The predicted molar refractivity (Wildman–Crippen MR) is 107 cm³/mol. The first-order valence-corrected chi connectivity index (χ1v) is 9.89. The van der Waals surface area contributed by atoms with E-state index in [1.165, 1.54) is 0 Å². The van der Waals surface area contributed by atoms with Crippen LogP contribution in [0, 0.1) is 0 Å². The Hall–Kier alpha value is -2.15. The summed E-state index contributed by atoms with van der Waals surface area (Å²) in [4.78, 5) is 14.8. The minimum Gasteiger partial charge on any atom is -0.493 e. The van der Waals surface area contributed by atoms with E-state index in [1.807, 2.05) is 46.9 Å². The van der Waals surface area contributed by atoms with E-state index in [-0.39, 0.29) is 12.0 Å². The molecule has 27 heavy (non-hydrogen) atoms. The van der Waals surface area contributed by atoms with E-state index in [4.69, 9.17) is 14.2 Å². The average Bonchev–Trinajstić information content (AvgIpc) is 3.09. The minimum absolute atomic E-state index is 0.0175. The van der Waals surface area contributed by atoms with E-state index in [9.17, 15) is 4.79 Å². The maximum atomic E-state index is 12.9. The molecule has 0 atom stereocenters. The van der Waals surface area contributed by atoms with Crippen molar-refractivity contribution >= 4 is 21.8 Å². The largest absolute Gasteiger partial charge is 0.493 e. The Kier molecular flexibility index (Phi) is 6.31. The van der Waals surface area contributed by atoms with Crippen LogP contribution in [0.25, 0.3) is 0 Å². The molecule has 1 aliphatic heterocycles. The molecular formula is C20H25BrN2O4. The van der Waals surface area contributed by atoms with Crippen molar-refractivity contribution in [3.8, 4) is 17.2 Å². The van der Waals surface area contributed by atoms with Gasteiger partial charge in [-0.25, -0.2) is 0 Å². The van der Waals surface area contributed by atoms with E-state index in [0.29, 0.717) is 30.3 Å². The van der Waals surface area contributed by atoms with Crippen molar-refractivity contribution < 1.29 is 19.0 Å². The third-order valence-corrected chi connectivity index (χ3v) is 5.25. The van der Waals surface area contributed by atoms with Gasteiger partial charge in [-0.15, -0.1) is 0 Å². The number of nitrogens with zero attached hydrogens (tertiary/aromatic N) is 2. The molecule has 1 aromatic carbocycles. The van der Waals surface area contributed by atoms with Crippen molar-refractivity contribution in [2.24, 2.45) is 0 Å². The third-order valence-electron chi connectivity index (χ3n) is 4.82. The van der Waals surface area contributed by atoms with Gasteiger partial charge in [0.2, 0.25) is 5.75 Å². The number of halogens is 1. The number of hydrogen-bond donors (Lipinski definition) is 0. The number of rotatable bonds is 6. The lowest BCUT2D eigenvalue weighted by Crippen LogP contribution is -2.42. The summed E-state index contributed by atoms with van der Waals surface area (Å²) in [5.41, 5.74) is 0.718. The fourth-order valence-electron chi connectivity index (χ4n) is 3.35. The van der Waals surface area contributed by atoms with Crippen molar-refractivity contribution in [2.75, 3.05) is 27.3 Å². The number of methoxy groups -OCH3 is 2. The van der Waals surface area contributed by atoms with Gasteiger partial charge in [0.25, 0.3) is 5.91 Å². The molecule has 2 aromatic rings. The van der Waals surface area contributed by atoms with Crippen LogP contribution in [0.4, 0.5) is 0 Å². The topological polar surface area (TPSA) is 52.9 Å². The molecule has 1 fully saturated rings. The van der Waals surface area contributed by atoms with Crippen molar-refractivity contribution in [3.63, 3.8) is 0 Å². The first-order chi connectivity index (χ1) is 13.1. The number of aromatic nitrogens is 1. The Morgan fingerprint density at radius 3 is 2.37 bits per heavy atom. The van der Waals surface area contributed by atoms with Gasteiger partial charge in [0.1, 0.15) is 11.8 Å². The number of likely N-dealkylation sites (tertiary alicyclic amines) is 1. The number of carbonyl (C=O) groups excluding carboxylic acids is 1. The molecule has 0 aliphatic carbocycles. The van der Waals surface area contributed by atoms with Gasteiger partial charge in [-0.2, -0.15) is 0 Å². The SMILES string of the molecule is CCn1cc(Br)cc1C(=O)N1CCC(Oc2c(OC)cccc2OC)CC1. The fraction of sp³-hybridized carbons (Fsp3) is 0.450. The van der Waals surface area contributed by atoms with Crippen LogP contribution in [-0.2, 0) is 6.54 Å². The van der Waals surface area contributed by atoms with E-state index in [2.05, 4.69) is 15.9 Å². The number of piperidine rings is 1.